The van der Waals surface area contributed by atoms with E-state index in [-0.39, 0.29) is 0 Å². The molecule has 0 radical (unpaired) electrons. The maximum absolute atomic E-state index is 11.3. The SMILES string of the molecule is COC(=O)C(O)c1ccc(-n2nccc2C2CC2)cc1. The number of esters is 1. The van der Waals surface area contributed by atoms with E-state index in [2.05, 4.69) is 9.84 Å². The van der Waals surface area contributed by atoms with Gasteiger partial charge in [-0.25, -0.2) is 9.48 Å². The Bertz CT molecular complexity index is 614. The van der Waals surface area contributed by atoms with Gasteiger partial charge in [-0.3, -0.25) is 0 Å². The number of aliphatic hydroxyl groups is 1. The average Bonchev–Trinajstić information content (AvgIpc) is 3.23. The maximum atomic E-state index is 11.3. The number of aromatic nitrogens is 2. The molecule has 1 aromatic carbocycles. The van der Waals surface area contributed by atoms with Crippen LogP contribution >= 0.6 is 0 Å². The van der Waals surface area contributed by atoms with E-state index in [1.165, 1.54) is 25.6 Å². The van der Waals surface area contributed by atoms with E-state index in [0.29, 0.717) is 11.5 Å². The summed E-state index contributed by atoms with van der Waals surface area (Å²) in [5, 5.41) is 14.1. The van der Waals surface area contributed by atoms with Crippen molar-refractivity contribution in [3.8, 4) is 5.69 Å². The highest BCUT2D eigenvalue weighted by molar-refractivity contribution is 5.76. The fraction of sp³-hybridized carbons (Fsp3) is 0.333. The number of hydrogen-bond acceptors (Lipinski definition) is 4. The Kier molecular flexibility index (Phi) is 3.28. The molecule has 1 atom stereocenters. The second-order valence-corrected chi connectivity index (χ2v) is 4.96. The van der Waals surface area contributed by atoms with Gasteiger partial charge in [0.2, 0.25) is 0 Å². The van der Waals surface area contributed by atoms with Gasteiger partial charge in [0.1, 0.15) is 0 Å². The topological polar surface area (TPSA) is 64.3 Å². The largest absolute Gasteiger partial charge is 0.467 e. The zero-order valence-electron chi connectivity index (χ0n) is 11.2. The molecule has 1 aliphatic carbocycles. The Balaban J connectivity index is 1.85. The fourth-order valence-electron chi connectivity index (χ4n) is 2.26. The molecule has 104 valence electrons. The van der Waals surface area contributed by atoms with Crippen molar-refractivity contribution >= 4 is 5.97 Å². The minimum atomic E-state index is -1.24. The van der Waals surface area contributed by atoms with Crippen molar-refractivity contribution in [2.75, 3.05) is 7.11 Å². The Morgan fingerprint density at radius 3 is 2.65 bits per heavy atom. The molecule has 1 fully saturated rings. The molecule has 2 aromatic rings. The number of carbonyl (C=O) groups excluding carboxylic acids is 1. The van der Waals surface area contributed by atoms with Gasteiger partial charge in [-0.05, 0) is 36.6 Å². The van der Waals surface area contributed by atoms with Crippen LogP contribution < -0.4 is 0 Å². The van der Waals surface area contributed by atoms with Crippen LogP contribution in [0, 0.1) is 0 Å². The van der Waals surface area contributed by atoms with E-state index in [9.17, 15) is 9.90 Å². The van der Waals surface area contributed by atoms with Gasteiger partial charge in [0.25, 0.3) is 0 Å². The highest BCUT2D eigenvalue weighted by Crippen LogP contribution is 2.40. The highest BCUT2D eigenvalue weighted by atomic mass is 16.5. The summed E-state index contributed by atoms with van der Waals surface area (Å²) in [6.45, 7) is 0. The van der Waals surface area contributed by atoms with Crippen molar-refractivity contribution in [3.05, 3.63) is 47.8 Å². The number of hydrogen-bond donors (Lipinski definition) is 1. The number of carbonyl (C=O) groups is 1. The molecule has 1 aliphatic rings. The van der Waals surface area contributed by atoms with Gasteiger partial charge in [0.15, 0.2) is 6.10 Å². The van der Waals surface area contributed by atoms with Crippen molar-refractivity contribution < 1.29 is 14.6 Å². The number of benzene rings is 1. The summed E-state index contributed by atoms with van der Waals surface area (Å²) in [5.41, 5.74) is 2.66. The summed E-state index contributed by atoms with van der Waals surface area (Å²) in [5.74, 6) is -0.0478. The van der Waals surface area contributed by atoms with Gasteiger partial charge < -0.3 is 9.84 Å². The number of methoxy groups -OCH3 is 1. The minimum absolute atomic E-state index is 0.515. The second kappa shape index (κ2) is 5.09. The summed E-state index contributed by atoms with van der Waals surface area (Å²) in [7, 11) is 1.26. The molecule has 0 amide bonds. The molecule has 20 heavy (non-hydrogen) atoms. The van der Waals surface area contributed by atoms with Crippen LogP contribution in [0.1, 0.15) is 36.1 Å². The third-order valence-corrected chi connectivity index (χ3v) is 3.55. The predicted octanol–water partition coefficient (Wildman–Crippen LogP) is 1.96. The Morgan fingerprint density at radius 2 is 2.05 bits per heavy atom. The molecular weight excluding hydrogens is 256 g/mol. The summed E-state index contributed by atoms with van der Waals surface area (Å²) < 4.78 is 6.43. The molecule has 5 heteroatoms. The average molecular weight is 272 g/mol. The first-order valence-corrected chi connectivity index (χ1v) is 6.61. The molecule has 5 nitrogen and oxygen atoms in total. The summed E-state index contributed by atoms with van der Waals surface area (Å²) >= 11 is 0. The number of rotatable bonds is 4. The molecule has 0 bridgehead atoms. The van der Waals surface area contributed by atoms with Gasteiger partial charge in [-0.15, -0.1) is 0 Å². The van der Waals surface area contributed by atoms with Crippen molar-refractivity contribution in [3.63, 3.8) is 0 Å². The molecule has 0 saturated heterocycles. The smallest absolute Gasteiger partial charge is 0.339 e. The minimum Gasteiger partial charge on any atom is -0.467 e. The molecule has 1 N–H and O–H groups in total. The van der Waals surface area contributed by atoms with Gasteiger partial charge >= 0.3 is 5.97 Å². The van der Waals surface area contributed by atoms with Gasteiger partial charge in [0, 0.05) is 17.8 Å². The van der Waals surface area contributed by atoms with E-state index < -0.39 is 12.1 Å². The Morgan fingerprint density at radius 1 is 1.35 bits per heavy atom. The molecule has 1 heterocycles. The van der Waals surface area contributed by atoms with Gasteiger partial charge in [0.05, 0.1) is 12.8 Å². The first-order chi connectivity index (χ1) is 9.70. The van der Waals surface area contributed by atoms with Crippen LogP contribution in [0.2, 0.25) is 0 Å². The normalized spacial score (nSPS) is 15.9. The third kappa shape index (κ3) is 2.32. The first-order valence-electron chi connectivity index (χ1n) is 6.61. The van der Waals surface area contributed by atoms with E-state index in [0.717, 1.165) is 5.69 Å². The van der Waals surface area contributed by atoms with E-state index in [4.69, 9.17) is 0 Å². The lowest BCUT2D eigenvalue weighted by Crippen LogP contribution is -2.13. The maximum Gasteiger partial charge on any atom is 0.339 e. The monoisotopic (exact) mass is 272 g/mol. The van der Waals surface area contributed by atoms with Crippen LogP contribution in [-0.4, -0.2) is 28.0 Å². The summed E-state index contributed by atoms with van der Waals surface area (Å²) in [4.78, 5) is 11.3. The number of nitrogens with zero attached hydrogens (tertiary/aromatic N) is 2. The van der Waals surface area contributed by atoms with Crippen LogP contribution in [0.15, 0.2) is 36.5 Å². The zero-order chi connectivity index (χ0) is 14.1. The van der Waals surface area contributed by atoms with Crippen LogP contribution in [0.5, 0.6) is 0 Å². The Labute approximate surface area is 116 Å². The fourth-order valence-corrected chi connectivity index (χ4v) is 2.26. The van der Waals surface area contributed by atoms with Gasteiger partial charge in [-0.1, -0.05) is 12.1 Å². The molecular formula is C15H16N2O3. The number of aliphatic hydroxyl groups excluding tert-OH is 1. The quantitative estimate of drug-likeness (QED) is 0.864. The molecule has 3 rings (SSSR count). The lowest BCUT2D eigenvalue weighted by Gasteiger charge is -2.10. The van der Waals surface area contributed by atoms with E-state index >= 15 is 0 Å². The highest BCUT2D eigenvalue weighted by Gasteiger charge is 2.27. The lowest BCUT2D eigenvalue weighted by atomic mass is 10.1. The first kappa shape index (κ1) is 12.9. The lowest BCUT2D eigenvalue weighted by molar-refractivity contribution is -0.150. The van der Waals surface area contributed by atoms with Crippen molar-refractivity contribution in [1.82, 2.24) is 9.78 Å². The third-order valence-electron chi connectivity index (χ3n) is 3.55. The van der Waals surface area contributed by atoms with E-state index in [1.807, 2.05) is 22.9 Å². The van der Waals surface area contributed by atoms with Crippen molar-refractivity contribution in [1.29, 1.82) is 0 Å². The second-order valence-electron chi connectivity index (χ2n) is 4.96. The standard InChI is InChI=1S/C15H16N2O3/c1-20-15(19)14(18)11-4-6-12(7-5-11)17-13(8-9-16-17)10-2-3-10/h4-10,14,18H,2-3H2,1H3. The van der Waals surface area contributed by atoms with Crippen LogP contribution in [0.4, 0.5) is 0 Å². The summed E-state index contributed by atoms with van der Waals surface area (Å²) in [6.07, 6.45) is 2.98. The van der Waals surface area contributed by atoms with Gasteiger partial charge in [-0.2, -0.15) is 5.10 Å². The van der Waals surface area contributed by atoms with Crippen LogP contribution in [-0.2, 0) is 9.53 Å². The molecule has 0 aliphatic heterocycles. The van der Waals surface area contributed by atoms with Crippen LogP contribution in [0.25, 0.3) is 5.69 Å². The Hall–Kier alpha value is -2.14. The summed E-state index contributed by atoms with van der Waals surface area (Å²) in [6, 6.07) is 9.17. The number of ether oxygens (including phenoxy) is 1. The molecule has 1 saturated carbocycles. The predicted molar refractivity (Wildman–Crippen MR) is 72.5 cm³/mol. The van der Waals surface area contributed by atoms with Crippen molar-refractivity contribution in [2.45, 2.75) is 24.9 Å². The van der Waals surface area contributed by atoms with Crippen molar-refractivity contribution in [2.24, 2.45) is 0 Å². The van der Waals surface area contributed by atoms with Crippen LogP contribution in [0.3, 0.4) is 0 Å². The molecule has 1 aromatic heterocycles. The molecule has 1 unspecified atom stereocenters. The zero-order valence-corrected chi connectivity index (χ0v) is 11.2. The molecule has 0 spiro atoms. The van der Waals surface area contributed by atoms with E-state index in [1.54, 1.807) is 18.3 Å².